The molecule has 0 fully saturated rings. The van der Waals surface area contributed by atoms with Gasteiger partial charge >= 0.3 is 11.7 Å². The van der Waals surface area contributed by atoms with Gasteiger partial charge in [0.1, 0.15) is 6.04 Å². The second kappa shape index (κ2) is 5.76. The standard InChI is InChI=1S/C10H12N4O5/c1-5(9(15)11-2)13-8-7(14(18)19)3-6(4-12-8)10(16)17/h3-5H,1-2H3,(H,11,15)(H,12,13)(H,16,17). The van der Waals surface area contributed by atoms with E-state index >= 15 is 0 Å². The Hall–Kier alpha value is -2.71. The molecule has 0 spiro atoms. The first-order valence-corrected chi connectivity index (χ1v) is 5.22. The molecular formula is C10H12N4O5. The van der Waals surface area contributed by atoms with Crippen LogP contribution >= 0.6 is 0 Å². The maximum atomic E-state index is 11.3. The third-order valence-corrected chi connectivity index (χ3v) is 2.30. The molecule has 1 aromatic rings. The number of rotatable bonds is 5. The van der Waals surface area contributed by atoms with E-state index in [2.05, 4.69) is 15.6 Å². The van der Waals surface area contributed by atoms with Crippen molar-refractivity contribution < 1.29 is 19.6 Å². The zero-order valence-corrected chi connectivity index (χ0v) is 10.2. The molecule has 102 valence electrons. The average molecular weight is 268 g/mol. The first-order valence-electron chi connectivity index (χ1n) is 5.22. The van der Waals surface area contributed by atoms with Crippen LogP contribution in [0.2, 0.25) is 0 Å². The van der Waals surface area contributed by atoms with Crippen molar-refractivity contribution in [3.8, 4) is 0 Å². The molecule has 1 heterocycles. The number of aromatic carboxylic acids is 1. The Labute approximate surface area is 107 Å². The first kappa shape index (κ1) is 14.4. The number of amides is 1. The van der Waals surface area contributed by atoms with Crippen LogP contribution in [-0.4, -0.2) is 40.0 Å². The minimum absolute atomic E-state index is 0.161. The number of hydrogen-bond acceptors (Lipinski definition) is 6. The van der Waals surface area contributed by atoms with Gasteiger partial charge in [0.2, 0.25) is 11.7 Å². The molecule has 1 unspecified atom stereocenters. The first-order chi connectivity index (χ1) is 8.86. The van der Waals surface area contributed by atoms with Gasteiger partial charge in [-0.2, -0.15) is 0 Å². The van der Waals surface area contributed by atoms with Crippen LogP contribution in [0.25, 0.3) is 0 Å². The molecule has 19 heavy (non-hydrogen) atoms. The van der Waals surface area contributed by atoms with Crippen molar-refractivity contribution in [2.24, 2.45) is 0 Å². The fourth-order valence-corrected chi connectivity index (χ4v) is 1.31. The quantitative estimate of drug-likeness (QED) is 0.514. The van der Waals surface area contributed by atoms with Gasteiger partial charge in [-0.1, -0.05) is 0 Å². The van der Waals surface area contributed by atoms with E-state index in [1.54, 1.807) is 0 Å². The topological polar surface area (TPSA) is 134 Å². The van der Waals surface area contributed by atoms with Gasteiger partial charge in [-0.15, -0.1) is 0 Å². The second-order valence-corrected chi connectivity index (χ2v) is 3.63. The highest BCUT2D eigenvalue weighted by Crippen LogP contribution is 2.23. The van der Waals surface area contributed by atoms with Crippen LogP contribution < -0.4 is 10.6 Å². The van der Waals surface area contributed by atoms with Gasteiger partial charge in [-0.3, -0.25) is 14.9 Å². The van der Waals surface area contributed by atoms with Crippen LogP contribution in [0.1, 0.15) is 17.3 Å². The molecule has 9 nitrogen and oxygen atoms in total. The maximum Gasteiger partial charge on any atom is 0.337 e. The molecule has 3 N–H and O–H groups in total. The van der Waals surface area contributed by atoms with E-state index in [-0.39, 0.29) is 17.3 Å². The summed E-state index contributed by atoms with van der Waals surface area (Å²) < 4.78 is 0. The lowest BCUT2D eigenvalue weighted by atomic mass is 10.2. The molecule has 1 amide bonds. The van der Waals surface area contributed by atoms with Crippen molar-refractivity contribution in [3.63, 3.8) is 0 Å². The maximum absolute atomic E-state index is 11.3. The summed E-state index contributed by atoms with van der Waals surface area (Å²) in [5, 5.41) is 24.5. The summed E-state index contributed by atoms with van der Waals surface area (Å²) in [5.41, 5.74) is -0.805. The van der Waals surface area contributed by atoms with E-state index in [0.29, 0.717) is 0 Å². The second-order valence-electron chi connectivity index (χ2n) is 3.63. The highest BCUT2D eigenvalue weighted by atomic mass is 16.6. The molecule has 0 saturated heterocycles. The minimum atomic E-state index is -1.32. The van der Waals surface area contributed by atoms with E-state index in [9.17, 15) is 19.7 Å². The van der Waals surface area contributed by atoms with Crippen molar-refractivity contribution in [3.05, 3.63) is 27.9 Å². The smallest absolute Gasteiger partial charge is 0.337 e. The van der Waals surface area contributed by atoms with Gasteiger partial charge in [0.05, 0.1) is 10.5 Å². The number of anilines is 1. The highest BCUT2D eigenvalue weighted by Gasteiger charge is 2.21. The Kier molecular flexibility index (Phi) is 4.35. The van der Waals surface area contributed by atoms with Gasteiger partial charge in [0.25, 0.3) is 0 Å². The van der Waals surface area contributed by atoms with Crippen molar-refractivity contribution >= 4 is 23.4 Å². The molecule has 0 aliphatic rings. The fraction of sp³-hybridized carbons (Fsp3) is 0.300. The van der Waals surface area contributed by atoms with E-state index < -0.39 is 22.6 Å². The average Bonchev–Trinajstić information content (AvgIpc) is 2.37. The lowest BCUT2D eigenvalue weighted by Crippen LogP contribution is -2.35. The number of carboxylic acids is 1. The number of carbonyl (C=O) groups is 2. The van der Waals surface area contributed by atoms with Crippen molar-refractivity contribution in [1.29, 1.82) is 0 Å². The molecule has 0 aromatic carbocycles. The third kappa shape index (κ3) is 3.37. The molecule has 0 saturated carbocycles. The van der Waals surface area contributed by atoms with Crippen molar-refractivity contribution in [2.75, 3.05) is 12.4 Å². The lowest BCUT2D eigenvalue weighted by Gasteiger charge is -2.12. The Bertz CT molecular complexity index is 531. The van der Waals surface area contributed by atoms with Crippen LogP contribution in [0.5, 0.6) is 0 Å². The number of aromatic nitrogens is 1. The zero-order chi connectivity index (χ0) is 14.6. The van der Waals surface area contributed by atoms with Crippen molar-refractivity contribution in [2.45, 2.75) is 13.0 Å². The normalized spacial score (nSPS) is 11.5. The summed E-state index contributed by atoms with van der Waals surface area (Å²) in [4.78, 5) is 35.8. The van der Waals surface area contributed by atoms with E-state index in [1.807, 2.05) is 0 Å². The number of nitrogens with one attached hydrogen (secondary N) is 2. The molecule has 0 aliphatic heterocycles. The number of pyridine rings is 1. The van der Waals surface area contributed by atoms with Gasteiger partial charge in [0.15, 0.2) is 0 Å². The van der Waals surface area contributed by atoms with Gasteiger partial charge < -0.3 is 15.7 Å². The van der Waals surface area contributed by atoms with Crippen LogP contribution in [-0.2, 0) is 4.79 Å². The molecule has 1 atom stereocenters. The molecule has 9 heteroatoms. The molecule has 0 aliphatic carbocycles. The summed E-state index contributed by atoms with van der Waals surface area (Å²) >= 11 is 0. The van der Waals surface area contributed by atoms with Crippen LogP contribution in [0.3, 0.4) is 0 Å². The molecule has 0 bridgehead atoms. The molecular weight excluding hydrogens is 256 g/mol. The third-order valence-electron chi connectivity index (χ3n) is 2.30. The summed E-state index contributed by atoms with van der Waals surface area (Å²) in [7, 11) is 1.43. The van der Waals surface area contributed by atoms with Crippen LogP contribution in [0.4, 0.5) is 11.5 Å². The van der Waals surface area contributed by atoms with Gasteiger partial charge in [0, 0.05) is 19.3 Å². The Balaban J connectivity index is 3.10. The molecule has 0 radical (unpaired) electrons. The predicted octanol–water partition coefficient (Wildman–Crippen LogP) is 0.234. The predicted molar refractivity (Wildman–Crippen MR) is 65.0 cm³/mol. The number of nitro groups is 1. The molecule has 1 rings (SSSR count). The highest BCUT2D eigenvalue weighted by molar-refractivity contribution is 5.89. The van der Waals surface area contributed by atoms with Crippen molar-refractivity contribution in [1.82, 2.24) is 10.3 Å². The number of hydrogen-bond donors (Lipinski definition) is 3. The Morgan fingerprint density at radius 1 is 1.53 bits per heavy atom. The summed E-state index contributed by atoms with van der Waals surface area (Å²) in [6.45, 7) is 1.50. The number of likely N-dealkylation sites (N-methyl/N-ethyl adjacent to an activating group) is 1. The zero-order valence-electron chi connectivity index (χ0n) is 10.2. The van der Waals surface area contributed by atoms with Gasteiger partial charge in [-0.25, -0.2) is 9.78 Å². The van der Waals surface area contributed by atoms with E-state index in [0.717, 1.165) is 12.3 Å². The van der Waals surface area contributed by atoms with Crippen LogP contribution in [0, 0.1) is 10.1 Å². The lowest BCUT2D eigenvalue weighted by molar-refractivity contribution is -0.384. The minimum Gasteiger partial charge on any atom is -0.478 e. The summed E-state index contributed by atoms with van der Waals surface area (Å²) in [5.74, 6) is -1.86. The van der Waals surface area contributed by atoms with Crippen LogP contribution in [0.15, 0.2) is 12.3 Å². The van der Waals surface area contributed by atoms with Gasteiger partial charge in [-0.05, 0) is 6.92 Å². The number of carboxylic acid groups (broad SMARTS) is 1. The summed E-state index contributed by atoms with van der Waals surface area (Å²) in [6.07, 6.45) is 0.980. The monoisotopic (exact) mass is 268 g/mol. The number of carbonyl (C=O) groups excluding carboxylic acids is 1. The largest absolute Gasteiger partial charge is 0.478 e. The van der Waals surface area contributed by atoms with E-state index in [1.165, 1.54) is 14.0 Å². The Morgan fingerprint density at radius 3 is 2.63 bits per heavy atom. The number of nitrogens with zero attached hydrogens (tertiary/aromatic N) is 2. The Morgan fingerprint density at radius 2 is 2.16 bits per heavy atom. The summed E-state index contributed by atoms with van der Waals surface area (Å²) in [6, 6.07) is 0.140. The fourth-order valence-electron chi connectivity index (χ4n) is 1.31. The molecule has 1 aromatic heterocycles. The van der Waals surface area contributed by atoms with E-state index in [4.69, 9.17) is 5.11 Å². The SMILES string of the molecule is CNC(=O)C(C)Nc1ncc(C(=O)O)cc1[N+](=O)[O-].